The van der Waals surface area contributed by atoms with Gasteiger partial charge in [-0.05, 0) is 22.9 Å². The highest BCUT2D eigenvalue weighted by atomic mass is 79.9. The number of nitrogens with zero attached hydrogens (tertiary/aromatic N) is 3. The van der Waals surface area contributed by atoms with Crippen molar-refractivity contribution in [3.63, 3.8) is 0 Å². The summed E-state index contributed by atoms with van der Waals surface area (Å²) in [7, 11) is 0. The van der Waals surface area contributed by atoms with E-state index in [0.717, 1.165) is 11.1 Å². The van der Waals surface area contributed by atoms with Gasteiger partial charge in [0.25, 0.3) is 0 Å². The zero-order valence-corrected chi connectivity index (χ0v) is 7.09. The molecule has 1 heterocycles. The Hall–Kier alpha value is -0.820. The van der Waals surface area contributed by atoms with Crippen LogP contribution in [-0.4, -0.2) is 9.78 Å². The van der Waals surface area contributed by atoms with E-state index >= 15 is 0 Å². The summed E-state index contributed by atoms with van der Waals surface area (Å²) >= 11 is 3.25. The van der Waals surface area contributed by atoms with Crippen LogP contribution in [0, 0.1) is 11.3 Å². The zero-order valence-electron chi connectivity index (χ0n) is 5.50. The number of aryl methyl sites for hydroxylation is 1. The molecule has 0 bridgehead atoms. The quantitative estimate of drug-likeness (QED) is 0.689. The molecule has 0 aliphatic heterocycles. The molecule has 0 spiro atoms. The third-order valence-electron chi connectivity index (χ3n) is 1.20. The van der Waals surface area contributed by atoms with E-state index < -0.39 is 0 Å². The van der Waals surface area contributed by atoms with Crippen molar-refractivity contribution in [2.75, 3.05) is 0 Å². The van der Waals surface area contributed by atoms with Gasteiger partial charge in [0.05, 0.1) is 6.20 Å². The molecule has 1 aromatic rings. The molecule has 0 radical (unpaired) electrons. The Labute approximate surface area is 67.4 Å². The molecule has 52 valence electrons. The highest BCUT2D eigenvalue weighted by Gasteiger charge is 2.03. The van der Waals surface area contributed by atoms with Crippen molar-refractivity contribution >= 4 is 15.9 Å². The lowest BCUT2D eigenvalue weighted by atomic mass is 10.4. The minimum Gasteiger partial charge on any atom is -0.257 e. The van der Waals surface area contributed by atoms with Gasteiger partial charge < -0.3 is 0 Å². The first-order valence-electron chi connectivity index (χ1n) is 2.91. The van der Waals surface area contributed by atoms with E-state index in [1.165, 1.54) is 0 Å². The van der Waals surface area contributed by atoms with Crippen LogP contribution in [-0.2, 0) is 6.54 Å². The average molecular weight is 200 g/mol. The van der Waals surface area contributed by atoms with Gasteiger partial charge in [0.15, 0.2) is 0 Å². The van der Waals surface area contributed by atoms with Crippen LogP contribution in [0.3, 0.4) is 0 Å². The van der Waals surface area contributed by atoms with E-state index in [0.29, 0.717) is 5.56 Å². The van der Waals surface area contributed by atoms with Crippen molar-refractivity contribution in [3.05, 3.63) is 16.4 Å². The van der Waals surface area contributed by atoms with Gasteiger partial charge in [-0.3, -0.25) is 4.68 Å². The molecular weight excluding hydrogens is 194 g/mol. The van der Waals surface area contributed by atoms with Crippen LogP contribution in [0.2, 0.25) is 0 Å². The highest BCUT2D eigenvalue weighted by Crippen LogP contribution is 2.14. The summed E-state index contributed by atoms with van der Waals surface area (Å²) in [5.74, 6) is 0. The summed E-state index contributed by atoms with van der Waals surface area (Å²) < 4.78 is 2.48. The first kappa shape index (κ1) is 7.29. The molecule has 0 saturated carbocycles. The largest absolute Gasteiger partial charge is 0.257 e. The number of hydrogen-bond acceptors (Lipinski definition) is 2. The summed E-state index contributed by atoms with van der Waals surface area (Å²) in [6.07, 6.45) is 1.55. The van der Waals surface area contributed by atoms with Crippen molar-refractivity contribution in [2.45, 2.75) is 13.5 Å². The van der Waals surface area contributed by atoms with E-state index in [4.69, 9.17) is 5.26 Å². The Bertz CT molecular complexity index is 271. The van der Waals surface area contributed by atoms with Gasteiger partial charge in [-0.25, -0.2) is 0 Å². The molecule has 1 aromatic heterocycles. The molecule has 0 atom stereocenters. The summed E-state index contributed by atoms with van der Waals surface area (Å²) in [5.41, 5.74) is 0.585. The molecule has 10 heavy (non-hydrogen) atoms. The number of hydrogen-bond donors (Lipinski definition) is 0. The maximum absolute atomic E-state index is 8.49. The van der Waals surface area contributed by atoms with Crippen LogP contribution in [0.15, 0.2) is 10.8 Å². The van der Waals surface area contributed by atoms with Crippen LogP contribution >= 0.6 is 15.9 Å². The Balaban J connectivity index is 3.12. The van der Waals surface area contributed by atoms with Crippen LogP contribution in [0.4, 0.5) is 0 Å². The number of halogens is 1. The Morgan fingerprint density at radius 1 is 1.90 bits per heavy atom. The highest BCUT2D eigenvalue weighted by molar-refractivity contribution is 9.10. The second kappa shape index (κ2) is 2.84. The predicted octanol–water partition coefficient (Wildman–Crippen LogP) is 1.54. The third kappa shape index (κ3) is 1.05. The van der Waals surface area contributed by atoms with Crippen molar-refractivity contribution in [1.29, 1.82) is 5.26 Å². The molecule has 4 heteroatoms. The van der Waals surface area contributed by atoms with Crippen molar-refractivity contribution < 1.29 is 0 Å². The van der Waals surface area contributed by atoms with Gasteiger partial charge in [-0.2, -0.15) is 10.4 Å². The molecule has 0 fully saturated rings. The van der Waals surface area contributed by atoms with Gasteiger partial charge in [0.1, 0.15) is 16.2 Å². The second-order valence-corrected chi connectivity index (χ2v) is 2.53. The van der Waals surface area contributed by atoms with Crippen LogP contribution in [0.5, 0.6) is 0 Å². The number of rotatable bonds is 1. The molecule has 3 nitrogen and oxygen atoms in total. The van der Waals surface area contributed by atoms with E-state index in [1.54, 1.807) is 10.9 Å². The van der Waals surface area contributed by atoms with E-state index in [1.807, 2.05) is 13.0 Å². The monoisotopic (exact) mass is 199 g/mol. The molecule has 0 N–H and O–H groups in total. The second-order valence-electron chi connectivity index (χ2n) is 1.78. The number of nitriles is 1. The molecule has 1 rings (SSSR count). The van der Waals surface area contributed by atoms with Crippen molar-refractivity contribution in [2.24, 2.45) is 0 Å². The van der Waals surface area contributed by atoms with Crippen molar-refractivity contribution in [1.82, 2.24) is 9.78 Å². The van der Waals surface area contributed by atoms with Crippen LogP contribution < -0.4 is 0 Å². The topological polar surface area (TPSA) is 41.6 Å². The Morgan fingerprint density at radius 3 is 2.90 bits per heavy atom. The van der Waals surface area contributed by atoms with Gasteiger partial charge >= 0.3 is 0 Å². The van der Waals surface area contributed by atoms with Gasteiger partial charge in [-0.15, -0.1) is 0 Å². The maximum atomic E-state index is 8.49. The lowest BCUT2D eigenvalue weighted by Gasteiger charge is -1.94. The molecule has 0 amide bonds. The third-order valence-corrected chi connectivity index (χ3v) is 2.03. The summed E-state index contributed by atoms with van der Waals surface area (Å²) in [4.78, 5) is 0. The fourth-order valence-electron chi connectivity index (χ4n) is 0.666. The number of aromatic nitrogens is 2. The summed E-state index contributed by atoms with van der Waals surface area (Å²) in [6.45, 7) is 2.75. The molecular formula is C6H6BrN3. The molecule has 0 unspecified atom stereocenters. The first-order valence-corrected chi connectivity index (χ1v) is 3.70. The maximum Gasteiger partial charge on any atom is 0.121 e. The molecule has 0 aliphatic rings. The normalized spacial score (nSPS) is 9.30. The molecule has 0 aliphatic carbocycles. The fraction of sp³-hybridized carbons (Fsp3) is 0.333. The molecule has 0 saturated heterocycles. The minimum atomic E-state index is 0.585. The summed E-state index contributed by atoms with van der Waals surface area (Å²) in [6, 6.07) is 2.02. The standard InChI is InChI=1S/C6H6BrN3/c1-2-10-6(7)5(3-8)4-9-10/h4H,2H2,1H3. The van der Waals surface area contributed by atoms with E-state index in [-0.39, 0.29) is 0 Å². The lowest BCUT2D eigenvalue weighted by Crippen LogP contribution is -1.95. The smallest absolute Gasteiger partial charge is 0.121 e. The van der Waals surface area contributed by atoms with Gasteiger partial charge in [0.2, 0.25) is 0 Å². The van der Waals surface area contributed by atoms with E-state index in [9.17, 15) is 0 Å². The fourth-order valence-corrected chi connectivity index (χ4v) is 1.20. The van der Waals surface area contributed by atoms with Crippen LogP contribution in [0.25, 0.3) is 0 Å². The average Bonchev–Trinajstić information content (AvgIpc) is 2.30. The Morgan fingerprint density at radius 2 is 2.60 bits per heavy atom. The van der Waals surface area contributed by atoms with Gasteiger partial charge in [-0.1, -0.05) is 0 Å². The summed E-state index contributed by atoms with van der Waals surface area (Å²) in [5, 5.41) is 12.4. The lowest BCUT2D eigenvalue weighted by molar-refractivity contribution is 0.645. The minimum absolute atomic E-state index is 0.585. The SMILES string of the molecule is CCn1ncc(C#N)c1Br. The van der Waals surface area contributed by atoms with Crippen LogP contribution in [0.1, 0.15) is 12.5 Å². The molecule has 0 aromatic carbocycles. The van der Waals surface area contributed by atoms with E-state index in [2.05, 4.69) is 21.0 Å². The first-order chi connectivity index (χ1) is 4.79. The zero-order chi connectivity index (χ0) is 7.56. The van der Waals surface area contributed by atoms with Crippen molar-refractivity contribution in [3.8, 4) is 6.07 Å². The predicted molar refractivity (Wildman–Crippen MR) is 40.3 cm³/mol. The Kier molecular flexibility index (Phi) is 2.07. The van der Waals surface area contributed by atoms with Gasteiger partial charge in [0, 0.05) is 6.54 Å².